The van der Waals surface area contributed by atoms with Gasteiger partial charge in [0.25, 0.3) is 0 Å². The predicted molar refractivity (Wildman–Crippen MR) is 49.5 cm³/mol. The highest BCUT2D eigenvalue weighted by Crippen LogP contribution is 2.04. The number of aromatic nitrogens is 3. The van der Waals surface area contributed by atoms with Gasteiger partial charge in [0.2, 0.25) is 0 Å². The van der Waals surface area contributed by atoms with E-state index in [-0.39, 0.29) is 0 Å². The molecule has 0 radical (unpaired) electrons. The molecule has 0 bridgehead atoms. The first-order chi connectivity index (χ1) is 6.22. The van der Waals surface area contributed by atoms with Gasteiger partial charge >= 0.3 is 0 Å². The molecule has 1 heterocycles. The van der Waals surface area contributed by atoms with Crippen molar-refractivity contribution in [1.82, 2.24) is 15.0 Å². The van der Waals surface area contributed by atoms with Crippen LogP contribution < -0.4 is 0 Å². The van der Waals surface area contributed by atoms with E-state index in [9.17, 15) is 4.79 Å². The second kappa shape index (κ2) is 4.74. The zero-order valence-electron chi connectivity index (χ0n) is 8.10. The second-order valence-electron chi connectivity index (χ2n) is 3.56. The van der Waals surface area contributed by atoms with E-state index in [1.54, 1.807) is 10.9 Å². The van der Waals surface area contributed by atoms with Crippen molar-refractivity contribution in [2.75, 3.05) is 0 Å². The summed E-state index contributed by atoms with van der Waals surface area (Å²) in [6, 6.07) is 0. The van der Waals surface area contributed by atoms with Crippen molar-refractivity contribution in [3.05, 3.63) is 11.9 Å². The summed E-state index contributed by atoms with van der Waals surface area (Å²) in [5.74, 6) is 0.717. The Labute approximate surface area is 77.9 Å². The Morgan fingerprint density at radius 1 is 1.62 bits per heavy atom. The molecule has 0 amide bonds. The molecule has 0 N–H and O–H groups in total. The minimum Gasteiger partial charge on any atom is -0.296 e. The van der Waals surface area contributed by atoms with Crippen LogP contribution in [0.2, 0.25) is 0 Å². The highest BCUT2D eigenvalue weighted by molar-refractivity contribution is 5.70. The summed E-state index contributed by atoms with van der Waals surface area (Å²) in [5, 5.41) is 7.50. The number of aldehydes is 1. The molecule has 0 unspecified atom stereocenters. The number of nitrogens with zero attached hydrogens (tertiary/aromatic N) is 3. The van der Waals surface area contributed by atoms with Crippen molar-refractivity contribution >= 4 is 6.29 Å². The molecule has 0 saturated heterocycles. The number of hydrogen-bond donors (Lipinski definition) is 0. The summed E-state index contributed by atoms with van der Waals surface area (Å²) in [5.41, 5.74) is 0.407. The first kappa shape index (κ1) is 9.89. The second-order valence-corrected chi connectivity index (χ2v) is 3.56. The zero-order valence-corrected chi connectivity index (χ0v) is 8.10. The van der Waals surface area contributed by atoms with Gasteiger partial charge < -0.3 is 0 Å². The number of hydrogen-bond acceptors (Lipinski definition) is 3. The van der Waals surface area contributed by atoms with E-state index in [1.807, 2.05) is 0 Å². The molecule has 0 spiro atoms. The Hall–Kier alpha value is -1.19. The molecule has 0 aromatic carbocycles. The van der Waals surface area contributed by atoms with Gasteiger partial charge in [-0.2, -0.15) is 0 Å². The molecule has 1 aromatic rings. The van der Waals surface area contributed by atoms with Crippen molar-refractivity contribution < 1.29 is 4.79 Å². The van der Waals surface area contributed by atoms with Crippen LogP contribution in [0.5, 0.6) is 0 Å². The van der Waals surface area contributed by atoms with E-state index in [1.165, 1.54) is 6.42 Å². The molecular formula is C9H15N3O. The van der Waals surface area contributed by atoms with E-state index in [0.29, 0.717) is 17.9 Å². The summed E-state index contributed by atoms with van der Waals surface area (Å²) in [6.07, 6.45) is 4.65. The van der Waals surface area contributed by atoms with Crippen LogP contribution in [0.1, 0.15) is 37.2 Å². The first-order valence-electron chi connectivity index (χ1n) is 4.57. The van der Waals surface area contributed by atoms with Gasteiger partial charge in [0.15, 0.2) is 6.29 Å². The van der Waals surface area contributed by atoms with Crippen LogP contribution in [0, 0.1) is 5.92 Å². The minimum atomic E-state index is 0.407. The molecule has 0 saturated carbocycles. The van der Waals surface area contributed by atoms with Gasteiger partial charge in [0.05, 0.1) is 6.20 Å². The molecule has 13 heavy (non-hydrogen) atoms. The Bertz CT molecular complexity index is 268. The third kappa shape index (κ3) is 3.36. The number of carbonyl (C=O) groups excluding carboxylic acids is 1. The Morgan fingerprint density at radius 3 is 2.92 bits per heavy atom. The molecule has 4 nitrogen and oxygen atoms in total. The van der Waals surface area contributed by atoms with Gasteiger partial charge in [-0.1, -0.05) is 19.1 Å². The summed E-state index contributed by atoms with van der Waals surface area (Å²) in [6.45, 7) is 5.23. The average molecular weight is 181 g/mol. The number of carbonyl (C=O) groups is 1. The van der Waals surface area contributed by atoms with Gasteiger partial charge in [-0.15, -0.1) is 5.10 Å². The van der Waals surface area contributed by atoms with E-state index in [4.69, 9.17) is 0 Å². The van der Waals surface area contributed by atoms with Crippen molar-refractivity contribution in [3.8, 4) is 0 Å². The fourth-order valence-electron chi connectivity index (χ4n) is 1.14. The predicted octanol–water partition coefficient (Wildman–Crippen LogP) is 1.53. The average Bonchev–Trinajstić information content (AvgIpc) is 2.52. The number of rotatable bonds is 5. The lowest BCUT2D eigenvalue weighted by molar-refractivity contribution is 0.111. The molecule has 0 fully saturated rings. The molecule has 4 heteroatoms. The van der Waals surface area contributed by atoms with E-state index in [2.05, 4.69) is 24.2 Å². The normalized spacial score (nSPS) is 10.7. The van der Waals surface area contributed by atoms with Gasteiger partial charge in [-0.3, -0.25) is 9.48 Å². The van der Waals surface area contributed by atoms with E-state index in [0.717, 1.165) is 13.0 Å². The maximum Gasteiger partial charge on any atom is 0.171 e. The van der Waals surface area contributed by atoms with Crippen LogP contribution in [-0.2, 0) is 6.54 Å². The maximum absolute atomic E-state index is 10.3. The van der Waals surface area contributed by atoms with Crippen molar-refractivity contribution in [2.24, 2.45) is 5.92 Å². The zero-order chi connectivity index (χ0) is 9.68. The molecule has 0 aliphatic heterocycles. The quantitative estimate of drug-likeness (QED) is 0.647. The van der Waals surface area contributed by atoms with Crippen LogP contribution in [-0.4, -0.2) is 21.3 Å². The third-order valence-corrected chi connectivity index (χ3v) is 1.85. The Balaban J connectivity index is 2.32. The van der Waals surface area contributed by atoms with Crippen molar-refractivity contribution in [1.29, 1.82) is 0 Å². The summed E-state index contributed by atoms with van der Waals surface area (Å²) >= 11 is 0. The molecule has 0 atom stereocenters. The Morgan fingerprint density at radius 2 is 2.38 bits per heavy atom. The van der Waals surface area contributed by atoms with Crippen LogP contribution >= 0.6 is 0 Å². The molecule has 1 rings (SSSR count). The highest BCUT2D eigenvalue weighted by Gasteiger charge is 1.99. The fraction of sp³-hybridized carbons (Fsp3) is 0.667. The van der Waals surface area contributed by atoms with E-state index >= 15 is 0 Å². The summed E-state index contributed by atoms with van der Waals surface area (Å²) < 4.78 is 1.71. The maximum atomic E-state index is 10.3. The standard InChI is InChI=1S/C9H15N3O/c1-8(2)4-3-5-12-6-9(7-13)10-11-12/h6-8H,3-5H2,1-2H3. The highest BCUT2D eigenvalue weighted by atomic mass is 16.1. The largest absolute Gasteiger partial charge is 0.296 e. The lowest BCUT2D eigenvalue weighted by Crippen LogP contribution is -2.00. The summed E-state index contributed by atoms with van der Waals surface area (Å²) in [4.78, 5) is 10.3. The monoisotopic (exact) mass is 181 g/mol. The smallest absolute Gasteiger partial charge is 0.171 e. The summed E-state index contributed by atoms with van der Waals surface area (Å²) in [7, 11) is 0. The lowest BCUT2D eigenvalue weighted by atomic mass is 10.1. The topological polar surface area (TPSA) is 47.8 Å². The first-order valence-corrected chi connectivity index (χ1v) is 4.57. The fourth-order valence-corrected chi connectivity index (χ4v) is 1.14. The van der Waals surface area contributed by atoms with Crippen LogP contribution in [0.4, 0.5) is 0 Å². The SMILES string of the molecule is CC(C)CCCn1cc(C=O)nn1. The molecular weight excluding hydrogens is 166 g/mol. The number of aryl methyl sites for hydroxylation is 1. The third-order valence-electron chi connectivity index (χ3n) is 1.85. The van der Waals surface area contributed by atoms with E-state index < -0.39 is 0 Å². The van der Waals surface area contributed by atoms with Crippen LogP contribution in [0.15, 0.2) is 6.20 Å². The van der Waals surface area contributed by atoms with Gasteiger partial charge in [0, 0.05) is 6.54 Å². The van der Waals surface area contributed by atoms with Gasteiger partial charge in [-0.25, -0.2) is 0 Å². The van der Waals surface area contributed by atoms with Crippen LogP contribution in [0.3, 0.4) is 0 Å². The van der Waals surface area contributed by atoms with Crippen LogP contribution in [0.25, 0.3) is 0 Å². The molecule has 1 aromatic heterocycles. The van der Waals surface area contributed by atoms with Crippen molar-refractivity contribution in [3.63, 3.8) is 0 Å². The lowest BCUT2D eigenvalue weighted by Gasteiger charge is -2.02. The minimum absolute atomic E-state index is 0.407. The van der Waals surface area contributed by atoms with Crippen molar-refractivity contribution in [2.45, 2.75) is 33.2 Å². The molecule has 72 valence electrons. The molecule has 0 aliphatic rings. The Kier molecular flexibility index (Phi) is 3.61. The van der Waals surface area contributed by atoms with Gasteiger partial charge in [-0.05, 0) is 18.8 Å². The molecule has 0 aliphatic carbocycles. The van der Waals surface area contributed by atoms with Gasteiger partial charge in [0.1, 0.15) is 5.69 Å².